The van der Waals surface area contributed by atoms with Gasteiger partial charge in [0.15, 0.2) is 9.76 Å². The number of rotatable bonds is 0. The van der Waals surface area contributed by atoms with Crippen molar-refractivity contribution >= 4 is 79.4 Å². The maximum atomic E-state index is 5.88. The predicted molar refractivity (Wildman–Crippen MR) is 86.4 cm³/mol. The van der Waals surface area contributed by atoms with E-state index >= 15 is 0 Å². The van der Waals surface area contributed by atoms with Crippen LogP contribution in [0.3, 0.4) is 0 Å². The van der Waals surface area contributed by atoms with E-state index in [2.05, 4.69) is 0 Å². The van der Waals surface area contributed by atoms with Crippen molar-refractivity contribution in [2.45, 2.75) is 51.1 Å². The van der Waals surface area contributed by atoms with Gasteiger partial charge in [-0.1, -0.05) is 6.42 Å². The molecule has 108 valence electrons. The number of hydrogen-bond donors (Lipinski definition) is 0. The van der Waals surface area contributed by atoms with Crippen molar-refractivity contribution in [2.75, 3.05) is 6.61 Å². The lowest BCUT2D eigenvalue weighted by Gasteiger charge is -2.37. The van der Waals surface area contributed by atoms with Crippen LogP contribution in [0.2, 0.25) is 6.04 Å². The van der Waals surface area contributed by atoms with E-state index in [0.717, 1.165) is 6.61 Å². The summed E-state index contributed by atoms with van der Waals surface area (Å²) >= 11 is 35.3. The van der Waals surface area contributed by atoms with Crippen LogP contribution in [0.15, 0.2) is 0 Å². The Morgan fingerprint density at radius 3 is 1.17 bits per heavy atom. The quantitative estimate of drug-likeness (QED) is 0.448. The van der Waals surface area contributed by atoms with E-state index in [0.29, 0.717) is 0 Å². The van der Waals surface area contributed by atoms with Gasteiger partial charge in [-0.15, -0.1) is 69.6 Å². The Morgan fingerprint density at radius 1 is 0.667 bits per heavy atom. The van der Waals surface area contributed by atoms with E-state index in [1.807, 2.05) is 0 Å². The van der Waals surface area contributed by atoms with E-state index < -0.39 is 32.3 Å². The summed E-state index contributed by atoms with van der Waals surface area (Å²) in [7, 11) is 0.00849. The van der Waals surface area contributed by atoms with Gasteiger partial charge >= 0.3 is 0 Å². The van der Waals surface area contributed by atoms with Crippen LogP contribution >= 0.6 is 69.6 Å². The first-order valence-corrected chi connectivity index (χ1v) is 10.1. The molecular weight excluding hydrogens is 377 g/mol. The molecule has 0 aromatic carbocycles. The number of hydrogen-bond acceptors (Lipinski definition) is 1. The predicted octanol–water partition coefficient (Wildman–Crippen LogP) is 3.94. The van der Waals surface area contributed by atoms with Gasteiger partial charge < -0.3 is 4.43 Å². The average Bonchev–Trinajstić information content (AvgIpc) is 2.43. The van der Waals surface area contributed by atoms with Crippen LogP contribution in [0, 0.1) is 0 Å². The Labute approximate surface area is 141 Å². The molecule has 1 saturated heterocycles. The van der Waals surface area contributed by atoms with Gasteiger partial charge in [-0.2, -0.15) is 0 Å². The summed E-state index contributed by atoms with van der Waals surface area (Å²) in [5.41, 5.74) is 0. The molecule has 1 aliphatic carbocycles. The molecule has 18 heavy (non-hydrogen) atoms. The Hall–Kier alpha value is 1.92. The highest BCUT2D eigenvalue weighted by Crippen LogP contribution is 2.39. The van der Waals surface area contributed by atoms with Crippen LogP contribution in [-0.4, -0.2) is 48.6 Å². The molecule has 0 unspecified atom stereocenters. The minimum absolute atomic E-state index is 0.00849. The van der Waals surface area contributed by atoms with E-state index in [9.17, 15) is 0 Å². The zero-order chi connectivity index (χ0) is 13.7. The third-order valence-corrected chi connectivity index (χ3v) is 8.30. The van der Waals surface area contributed by atoms with Crippen LogP contribution in [0.4, 0.5) is 0 Å². The molecule has 0 bridgehead atoms. The van der Waals surface area contributed by atoms with Crippen LogP contribution in [0.25, 0.3) is 0 Å². The van der Waals surface area contributed by atoms with Gasteiger partial charge in [0.05, 0.1) is 32.3 Å². The highest BCUT2D eigenvalue weighted by molar-refractivity contribution is 6.45. The van der Waals surface area contributed by atoms with E-state index in [1.54, 1.807) is 0 Å². The maximum Gasteiger partial charge on any atom is 0.161 e. The fraction of sp³-hybridized carbons (Fsp3) is 1.00. The summed E-state index contributed by atoms with van der Waals surface area (Å²) in [4.78, 5) is 0. The third kappa shape index (κ3) is 5.03. The Balaban J connectivity index is 0.000000225. The molecule has 1 aliphatic heterocycles. The van der Waals surface area contributed by atoms with Crippen molar-refractivity contribution in [2.24, 2.45) is 0 Å². The SMILES string of the molecule is C1CC[SiH2]OC1.ClC1C(Cl)C(Cl)C(Cl)C(Cl)C1Cl. The van der Waals surface area contributed by atoms with E-state index in [4.69, 9.17) is 74.0 Å². The highest BCUT2D eigenvalue weighted by atomic mass is 35.5. The second kappa shape index (κ2) is 9.04. The molecule has 2 aliphatic rings. The standard InChI is InChI=1S/C6H6Cl6.C4H10OSi/c7-1-2(8)4(10)6(12)5(11)3(1)9;1-2-4-6-5-3-1/h1-6H;1-4,6H2. The van der Waals surface area contributed by atoms with Crippen molar-refractivity contribution < 1.29 is 4.43 Å². The van der Waals surface area contributed by atoms with Crippen LogP contribution < -0.4 is 0 Å². The van der Waals surface area contributed by atoms with Gasteiger partial charge in [0, 0.05) is 6.61 Å². The Kier molecular flexibility index (Phi) is 9.02. The molecule has 2 fully saturated rings. The minimum atomic E-state index is -0.437. The van der Waals surface area contributed by atoms with Crippen molar-refractivity contribution in [3.05, 3.63) is 0 Å². The highest BCUT2D eigenvalue weighted by Gasteiger charge is 2.46. The monoisotopic (exact) mass is 390 g/mol. The molecule has 0 N–H and O–H groups in total. The molecule has 0 atom stereocenters. The molecule has 0 aromatic rings. The first-order valence-electron chi connectivity index (χ1n) is 5.89. The normalized spacial score (nSPS) is 46.3. The summed E-state index contributed by atoms with van der Waals surface area (Å²) < 4.78 is 5.21. The minimum Gasteiger partial charge on any atom is -0.424 e. The lowest BCUT2D eigenvalue weighted by molar-refractivity contribution is 0.304. The molecule has 0 radical (unpaired) electrons. The second-order valence-electron chi connectivity index (χ2n) is 4.34. The van der Waals surface area contributed by atoms with Crippen LogP contribution in [-0.2, 0) is 4.43 Å². The molecule has 0 aromatic heterocycles. The lowest BCUT2D eigenvalue weighted by atomic mass is 9.97. The Morgan fingerprint density at radius 2 is 1.06 bits per heavy atom. The number of alkyl halides is 6. The molecule has 0 spiro atoms. The summed E-state index contributed by atoms with van der Waals surface area (Å²) in [5.74, 6) is 0. The average molecular weight is 393 g/mol. The first kappa shape index (κ1) is 18.0. The zero-order valence-electron chi connectivity index (χ0n) is 9.68. The van der Waals surface area contributed by atoms with Crippen molar-refractivity contribution in [1.82, 2.24) is 0 Å². The molecule has 1 saturated carbocycles. The molecule has 1 nitrogen and oxygen atoms in total. The first-order chi connectivity index (χ1) is 8.46. The third-order valence-electron chi connectivity index (χ3n) is 2.90. The molecule has 2 rings (SSSR count). The smallest absolute Gasteiger partial charge is 0.161 e. The van der Waals surface area contributed by atoms with E-state index in [1.165, 1.54) is 18.9 Å². The fourth-order valence-electron chi connectivity index (χ4n) is 1.74. The molecule has 0 amide bonds. The summed E-state index contributed by atoms with van der Waals surface area (Å²) in [6.07, 6.45) is 2.75. The van der Waals surface area contributed by atoms with Crippen molar-refractivity contribution in [3.63, 3.8) is 0 Å². The van der Waals surface area contributed by atoms with E-state index in [-0.39, 0.29) is 9.76 Å². The summed E-state index contributed by atoms with van der Waals surface area (Å²) in [5, 5.41) is -2.62. The maximum absolute atomic E-state index is 5.88. The molecule has 8 heteroatoms. The topological polar surface area (TPSA) is 9.23 Å². The van der Waals surface area contributed by atoms with Crippen LogP contribution in [0.1, 0.15) is 12.8 Å². The van der Waals surface area contributed by atoms with Gasteiger partial charge in [0.1, 0.15) is 0 Å². The van der Waals surface area contributed by atoms with Gasteiger partial charge in [-0.3, -0.25) is 0 Å². The van der Waals surface area contributed by atoms with Gasteiger partial charge in [-0.05, 0) is 12.5 Å². The van der Waals surface area contributed by atoms with Gasteiger partial charge in [-0.25, -0.2) is 0 Å². The zero-order valence-corrected chi connectivity index (χ0v) is 15.6. The fourth-order valence-corrected chi connectivity index (χ4v) is 5.24. The van der Waals surface area contributed by atoms with Gasteiger partial charge in [0.25, 0.3) is 0 Å². The van der Waals surface area contributed by atoms with Gasteiger partial charge in [0.2, 0.25) is 0 Å². The Bertz CT molecular complexity index is 172. The summed E-state index contributed by atoms with van der Waals surface area (Å²) in [6, 6.07) is 1.42. The van der Waals surface area contributed by atoms with Crippen molar-refractivity contribution in [3.8, 4) is 0 Å². The number of halogens is 6. The second-order valence-corrected chi connectivity index (χ2v) is 8.89. The lowest BCUT2D eigenvalue weighted by Crippen LogP contribution is -2.52. The molecular formula is C10H16Cl6OSi. The molecule has 1 heterocycles. The van der Waals surface area contributed by atoms with Crippen LogP contribution in [0.5, 0.6) is 0 Å². The largest absolute Gasteiger partial charge is 0.424 e. The summed E-state index contributed by atoms with van der Waals surface area (Å²) in [6.45, 7) is 1.06. The van der Waals surface area contributed by atoms with Crippen molar-refractivity contribution in [1.29, 1.82) is 0 Å².